The van der Waals surface area contributed by atoms with Crippen LogP contribution in [0.5, 0.6) is 11.5 Å². The van der Waals surface area contributed by atoms with Crippen LogP contribution in [0.1, 0.15) is 16.7 Å². The average Bonchev–Trinajstić information content (AvgIpc) is 2.83. The number of ether oxygens (including phenoxy) is 2. The van der Waals surface area contributed by atoms with Crippen molar-refractivity contribution < 1.29 is 19.1 Å². The molecule has 0 bridgehead atoms. The van der Waals surface area contributed by atoms with Gasteiger partial charge in [-0.1, -0.05) is 54.6 Å². The number of carbonyl (C=O) groups is 2. The van der Waals surface area contributed by atoms with Gasteiger partial charge in [-0.3, -0.25) is 9.59 Å². The van der Waals surface area contributed by atoms with Gasteiger partial charge in [0, 0.05) is 6.54 Å². The normalized spacial score (nSPS) is 10.9. The fourth-order valence-electron chi connectivity index (χ4n) is 3.02. The van der Waals surface area contributed by atoms with Crippen molar-refractivity contribution in [2.45, 2.75) is 13.0 Å². The van der Waals surface area contributed by atoms with Gasteiger partial charge in [-0.05, 0) is 47.0 Å². The van der Waals surface area contributed by atoms with E-state index in [4.69, 9.17) is 9.47 Å². The van der Waals surface area contributed by atoms with Gasteiger partial charge in [0.15, 0.2) is 0 Å². The summed E-state index contributed by atoms with van der Waals surface area (Å²) in [6.07, 6.45) is 1.78. The van der Waals surface area contributed by atoms with Crippen molar-refractivity contribution in [3.63, 3.8) is 0 Å². The van der Waals surface area contributed by atoms with Crippen LogP contribution in [0, 0.1) is 0 Å². The Morgan fingerprint density at radius 2 is 1.38 bits per heavy atom. The average molecular weight is 431 g/mol. The van der Waals surface area contributed by atoms with E-state index in [1.165, 1.54) is 0 Å². The molecule has 0 aromatic heterocycles. The molecule has 3 aromatic carbocycles. The number of carbonyl (C=O) groups excluding carboxylic acids is 2. The lowest BCUT2D eigenvalue weighted by atomic mass is 10.1. The van der Waals surface area contributed by atoms with Crippen LogP contribution in [-0.4, -0.2) is 26.0 Å². The van der Waals surface area contributed by atoms with Gasteiger partial charge >= 0.3 is 0 Å². The van der Waals surface area contributed by atoms with Crippen LogP contribution in [0.4, 0.5) is 0 Å². The van der Waals surface area contributed by atoms with Gasteiger partial charge in [0.1, 0.15) is 17.2 Å². The molecule has 3 aromatic rings. The summed E-state index contributed by atoms with van der Waals surface area (Å²) in [6, 6.07) is 24.0. The zero-order chi connectivity index (χ0) is 22.8. The number of methoxy groups -OCH3 is 2. The van der Waals surface area contributed by atoms with E-state index in [1.807, 2.05) is 54.6 Å². The maximum absolute atomic E-state index is 12.9. The van der Waals surface area contributed by atoms with Crippen LogP contribution in [0.15, 0.2) is 84.6 Å². The molecule has 0 saturated carbocycles. The third-order valence-corrected chi connectivity index (χ3v) is 4.77. The van der Waals surface area contributed by atoms with E-state index >= 15 is 0 Å². The summed E-state index contributed by atoms with van der Waals surface area (Å²) in [6.45, 7) is 0.355. The minimum Gasteiger partial charge on any atom is -0.497 e. The molecule has 0 fully saturated rings. The molecule has 0 atom stereocenters. The Bertz CT molecular complexity index is 1060. The molecule has 32 heavy (non-hydrogen) atoms. The summed E-state index contributed by atoms with van der Waals surface area (Å²) in [7, 11) is 3.18. The molecule has 2 amide bonds. The Hall–Kier alpha value is -4.06. The molecule has 6 nitrogen and oxygen atoms in total. The Kier molecular flexibility index (Phi) is 8.03. The van der Waals surface area contributed by atoms with Gasteiger partial charge < -0.3 is 20.1 Å². The summed E-state index contributed by atoms with van der Waals surface area (Å²) in [5.41, 5.74) is 2.72. The largest absolute Gasteiger partial charge is 0.497 e. The first-order valence-electron chi connectivity index (χ1n) is 10.2. The first-order chi connectivity index (χ1) is 15.6. The third kappa shape index (κ3) is 6.74. The van der Waals surface area contributed by atoms with E-state index in [0.717, 1.165) is 22.4 Å². The number of amides is 2. The molecule has 164 valence electrons. The third-order valence-electron chi connectivity index (χ3n) is 4.77. The molecule has 0 unspecified atom stereocenters. The molecular formula is C26H26N2O4. The summed E-state index contributed by atoms with van der Waals surface area (Å²) in [5.74, 6) is 0.771. The van der Waals surface area contributed by atoms with E-state index in [0.29, 0.717) is 12.3 Å². The fourth-order valence-corrected chi connectivity index (χ4v) is 3.02. The molecule has 0 aliphatic carbocycles. The number of hydrogen-bond acceptors (Lipinski definition) is 4. The van der Waals surface area contributed by atoms with Crippen molar-refractivity contribution in [1.29, 1.82) is 0 Å². The van der Waals surface area contributed by atoms with Gasteiger partial charge in [0.05, 0.1) is 20.6 Å². The van der Waals surface area contributed by atoms with Gasteiger partial charge in [-0.25, -0.2) is 0 Å². The fraction of sp³-hybridized carbons (Fsp3) is 0.154. The Labute approximate surface area is 187 Å². The van der Waals surface area contributed by atoms with E-state index in [1.54, 1.807) is 44.6 Å². The van der Waals surface area contributed by atoms with Crippen LogP contribution in [0.2, 0.25) is 0 Å². The molecule has 0 heterocycles. The predicted molar refractivity (Wildman–Crippen MR) is 124 cm³/mol. The zero-order valence-corrected chi connectivity index (χ0v) is 18.1. The Morgan fingerprint density at radius 3 is 1.97 bits per heavy atom. The molecular weight excluding hydrogens is 404 g/mol. The highest BCUT2D eigenvalue weighted by atomic mass is 16.5. The van der Waals surface area contributed by atoms with Crippen LogP contribution in [-0.2, 0) is 22.6 Å². The zero-order valence-electron chi connectivity index (χ0n) is 18.1. The van der Waals surface area contributed by atoms with Crippen molar-refractivity contribution in [3.05, 3.63) is 101 Å². The highest BCUT2D eigenvalue weighted by Gasteiger charge is 2.14. The summed E-state index contributed by atoms with van der Waals surface area (Å²) in [4.78, 5) is 25.5. The van der Waals surface area contributed by atoms with Crippen molar-refractivity contribution in [2.24, 2.45) is 0 Å². The topological polar surface area (TPSA) is 76.7 Å². The van der Waals surface area contributed by atoms with Crippen LogP contribution >= 0.6 is 0 Å². The standard InChI is InChI=1S/C26H26N2O4/c1-31-22-12-8-19(9-13-22)16-24(26(30)27-18-21-6-4-3-5-7-21)28-25(29)17-20-10-14-23(32-2)15-11-20/h3-16H,17-18H2,1-2H3,(H,27,30)(H,28,29)/b24-16+. The minimum absolute atomic E-state index is 0.135. The van der Waals surface area contributed by atoms with Gasteiger partial charge in [-0.15, -0.1) is 0 Å². The van der Waals surface area contributed by atoms with Crippen molar-refractivity contribution in [2.75, 3.05) is 14.2 Å². The number of hydrogen-bond donors (Lipinski definition) is 2. The lowest BCUT2D eigenvalue weighted by Crippen LogP contribution is -2.35. The SMILES string of the molecule is COc1ccc(/C=C(/NC(=O)Cc2ccc(OC)cc2)C(=O)NCc2ccccc2)cc1. The van der Waals surface area contributed by atoms with Crippen molar-refractivity contribution >= 4 is 17.9 Å². The smallest absolute Gasteiger partial charge is 0.268 e. The molecule has 6 heteroatoms. The second-order valence-corrected chi connectivity index (χ2v) is 7.07. The number of benzene rings is 3. The summed E-state index contributed by atoms with van der Waals surface area (Å²) < 4.78 is 10.3. The molecule has 0 spiro atoms. The molecule has 0 aliphatic heterocycles. The van der Waals surface area contributed by atoms with Crippen LogP contribution in [0.25, 0.3) is 6.08 Å². The number of rotatable bonds is 9. The molecule has 0 aliphatic rings. The van der Waals surface area contributed by atoms with E-state index < -0.39 is 0 Å². The predicted octanol–water partition coefficient (Wildman–Crippen LogP) is 3.72. The van der Waals surface area contributed by atoms with E-state index in [2.05, 4.69) is 10.6 Å². The summed E-state index contributed by atoms with van der Waals surface area (Å²) in [5, 5.41) is 5.62. The monoisotopic (exact) mass is 430 g/mol. The second-order valence-electron chi connectivity index (χ2n) is 7.07. The quantitative estimate of drug-likeness (QED) is 0.508. The first kappa shape index (κ1) is 22.6. The van der Waals surface area contributed by atoms with Gasteiger partial charge in [0.2, 0.25) is 5.91 Å². The maximum atomic E-state index is 12.9. The lowest BCUT2D eigenvalue weighted by Gasteiger charge is -2.12. The van der Waals surface area contributed by atoms with Gasteiger partial charge in [-0.2, -0.15) is 0 Å². The molecule has 0 saturated heterocycles. The number of nitrogens with one attached hydrogen (secondary N) is 2. The van der Waals surface area contributed by atoms with Crippen molar-refractivity contribution in [3.8, 4) is 11.5 Å². The first-order valence-corrected chi connectivity index (χ1v) is 10.2. The van der Waals surface area contributed by atoms with Crippen LogP contribution in [0.3, 0.4) is 0 Å². The molecule has 0 radical (unpaired) electrons. The highest BCUT2D eigenvalue weighted by molar-refractivity contribution is 6.01. The highest BCUT2D eigenvalue weighted by Crippen LogP contribution is 2.15. The Morgan fingerprint density at radius 1 is 0.781 bits per heavy atom. The lowest BCUT2D eigenvalue weighted by molar-refractivity contribution is -0.123. The minimum atomic E-state index is -0.368. The second kappa shape index (κ2) is 11.4. The Balaban J connectivity index is 1.74. The van der Waals surface area contributed by atoms with E-state index in [9.17, 15) is 9.59 Å². The summed E-state index contributed by atoms with van der Waals surface area (Å²) >= 11 is 0. The van der Waals surface area contributed by atoms with Crippen LogP contribution < -0.4 is 20.1 Å². The molecule has 3 rings (SSSR count). The molecule has 2 N–H and O–H groups in total. The van der Waals surface area contributed by atoms with E-state index in [-0.39, 0.29) is 23.9 Å². The maximum Gasteiger partial charge on any atom is 0.268 e. The van der Waals surface area contributed by atoms with Crippen molar-refractivity contribution in [1.82, 2.24) is 10.6 Å². The van der Waals surface area contributed by atoms with Gasteiger partial charge in [0.25, 0.3) is 5.91 Å².